The normalized spacial score (nSPS) is 18.9. The molecular weight excluding hydrogens is 502 g/mol. The maximum absolute atomic E-state index is 13.2. The number of hydrogen-bond acceptors (Lipinski definition) is 8. The summed E-state index contributed by atoms with van der Waals surface area (Å²) in [4.78, 5) is 74.2. The second-order valence-corrected chi connectivity index (χ2v) is 9.95. The molecule has 0 unspecified atom stereocenters. The first-order valence-electron chi connectivity index (χ1n) is 12.8. The molecule has 1 fully saturated rings. The summed E-state index contributed by atoms with van der Waals surface area (Å²) >= 11 is 0. The van der Waals surface area contributed by atoms with Crippen LogP contribution in [0.15, 0.2) is 0 Å². The van der Waals surface area contributed by atoms with Gasteiger partial charge in [0, 0.05) is 0 Å². The van der Waals surface area contributed by atoms with Crippen molar-refractivity contribution in [2.24, 2.45) is 11.8 Å². The third kappa shape index (κ3) is 10.6. The molecule has 6 atom stereocenters. The highest BCUT2D eigenvalue weighted by Gasteiger charge is 2.35. The molecule has 4 amide bonds. The lowest BCUT2D eigenvalue weighted by molar-refractivity contribution is -0.144. The minimum Gasteiger partial charge on any atom is -0.481 e. The number of carboxylic acids is 2. The fourth-order valence-corrected chi connectivity index (χ4v) is 3.94. The highest BCUT2D eigenvalue weighted by Crippen LogP contribution is 2.12. The summed E-state index contributed by atoms with van der Waals surface area (Å²) in [6.45, 7) is 6.86. The molecule has 0 aromatic carbocycles. The number of rotatable bonds is 16. The van der Waals surface area contributed by atoms with Crippen LogP contribution in [-0.2, 0) is 28.8 Å². The third-order valence-corrected chi connectivity index (χ3v) is 6.32. The molecule has 0 spiro atoms. The maximum atomic E-state index is 13.2. The molecule has 1 rings (SSSR count). The van der Waals surface area contributed by atoms with Crippen LogP contribution in [0.4, 0.5) is 0 Å². The molecule has 38 heavy (non-hydrogen) atoms. The summed E-state index contributed by atoms with van der Waals surface area (Å²) in [5, 5.41) is 40.3. The van der Waals surface area contributed by atoms with Gasteiger partial charge in [-0.2, -0.15) is 0 Å². The minimum absolute atomic E-state index is 0.0724. The lowest BCUT2D eigenvalue weighted by Gasteiger charge is -2.28. The molecule has 0 aromatic heterocycles. The summed E-state index contributed by atoms with van der Waals surface area (Å²) < 4.78 is 0. The van der Waals surface area contributed by atoms with Crippen molar-refractivity contribution in [2.45, 2.75) is 90.0 Å². The number of aliphatic carboxylic acids is 2. The van der Waals surface area contributed by atoms with Gasteiger partial charge in [0.25, 0.3) is 0 Å². The van der Waals surface area contributed by atoms with E-state index in [0.29, 0.717) is 19.4 Å². The smallest absolute Gasteiger partial charge is 0.328 e. The summed E-state index contributed by atoms with van der Waals surface area (Å²) in [6, 6.07) is -5.92. The van der Waals surface area contributed by atoms with Crippen molar-refractivity contribution in [2.75, 3.05) is 13.2 Å². The second kappa shape index (κ2) is 15.9. The zero-order valence-electron chi connectivity index (χ0n) is 22.3. The van der Waals surface area contributed by atoms with Gasteiger partial charge in [0.15, 0.2) is 0 Å². The van der Waals surface area contributed by atoms with Crippen LogP contribution in [0.2, 0.25) is 0 Å². The molecule has 0 saturated carbocycles. The van der Waals surface area contributed by atoms with E-state index in [-0.39, 0.29) is 24.2 Å². The van der Waals surface area contributed by atoms with E-state index in [2.05, 4.69) is 26.6 Å². The van der Waals surface area contributed by atoms with Gasteiger partial charge in [0.2, 0.25) is 23.6 Å². The number of carbonyl (C=O) groups excluding carboxylic acids is 4. The first kappa shape index (κ1) is 32.8. The molecule has 1 saturated heterocycles. The molecule has 14 nitrogen and oxygen atoms in total. The monoisotopic (exact) mass is 543 g/mol. The van der Waals surface area contributed by atoms with Crippen molar-refractivity contribution in [3.8, 4) is 0 Å². The zero-order chi connectivity index (χ0) is 29.0. The van der Waals surface area contributed by atoms with Crippen LogP contribution in [0.3, 0.4) is 0 Å². The predicted octanol–water partition coefficient (Wildman–Crippen LogP) is -1.68. The number of hydrogen-bond donors (Lipinski definition) is 8. The largest absolute Gasteiger partial charge is 0.481 e. The van der Waals surface area contributed by atoms with E-state index in [1.807, 2.05) is 6.92 Å². The lowest BCUT2D eigenvalue weighted by Crippen LogP contribution is -2.60. The van der Waals surface area contributed by atoms with Gasteiger partial charge >= 0.3 is 11.9 Å². The van der Waals surface area contributed by atoms with Crippen molar-refractivity contribution < 1.29 is 44.1 Å². The van der Waals surface area contributed by atoms with Gasteiger partial charge in [-0.3, -0.25) is 24.0 Å². The molecule has 0 bridgehead atoms. The van der Waals surface area contributed by atoms with Gasteiger partial charge in [-0.05, 0) is 37.6 Å². The summed E-state index contributed by atoms with van der Waals surface area (Å²) in [7, 11) is 0. The molecule has 0 aromatic rings. The van der Waals surface area contributed by atoms with Crippen LogP contribution in [0, 0.1) is 11.8 Å². The van der Waals surface area contributed by atoms with Crippen LogP contribution >= 0.6 is 0 Å². The second-order valence-electron chi connectivity index (χ2n) is 9.95. The molecular formula is C24H41N5O9. The van der Waals surface area contributed by atoms with E-state index >= 15 is 0 Å². The van der Waals surface area contributed by atoms with Gasteiger partial charge in [-0.1, -0.05) is 34.1 Å². The Bertz CT molecular complexity index is 860. The standard InChI is InChI=1S/C24H41N5O9/c1-5-13(4)19(29-20(33)14-7-6-8-25-14)23(36)27-16(10-18(31)32)22(35)26-15(9-12(2)3)21(34)28-17(11-30)24(37)38/h12-17,19,25,30H,5-11H2,1-4H3,(H,26,35)(H,27,36)(H,28,34)(H,29,33)(H,31,32)(H,37,38)/t13-,14-,15-,16-,17-,19-/m0/s1. The SMILES string of the molecule is CC[C@H](C)[C@H](NC(=O)[C@@H]1CCCN1)C(=O)N[C@@H](CC(=O)O)C(=O)N[C@@H](CC(C)C)C(=O)N[C@@H](CO)C(=O)O. The Morgan fingerprint density at radius 2 is 1.45 bits per heavy atom. The quantitative estimate of drug-likeness (QED) is 0.110. The molecule has 1 heterocycles. The molecule has 216 valence electrons. The van der Waals surface area contributed by atoms with Gasteiger partial charge < -0.3 is 41.9 Å². The fraction of sp³-hybridized carbons (Fsp3) is 0.750. The number of nitrogens with one attached hydrogen (secondary N) is 5. The first-order valence-corrected chi connectivity index (χ1v) is 12.8. The molecule has 0 radical (unpaired) electrons. The van der Waals surface area contributed by atoms with Crippen LogP contribution in [-0.4, -0.2) is 94.2 Å². The Hall–Kier alpha value is -3.26. The topological polar surface area (TPSA) is 223 Å². The van der Waals surface area contributed by atoms with Crippen LogP contribution in [0.5, 0.6) is 0 Å². The number of amides is 4. The zero-order valence-corrected chi connectivity index (χ0v) is 22.3. The van der Waals surface area contributed by atoms with Crippen molar-refractivity contribution in [3.05, 3.63) is 0 Å². The number of carbonyl (C=O) groups is 6. The molecule has 8 N–H and O–H groups in total. The highest BCUT2D eigenvalue weighted by molar-refractivity contribution is 5.96. The molecule has 1 aliphatic heterocycles. The van der Waals surface area contributed by atoms with Crippen LogP contribution in [0.1, 0.15) is 59.8 Å². The fourth-order valence-electron chi connectivity index (χ4n) is 3.94. The summed E-state index contributed by atoms with van der Waals surface area (Å²) in [6.07, 6.45) is 1.22. The van der Waals surface area contributed by atoms with Crippen LogP contribution in [0.25, 0.3) is 0 Å². The third-order valence-electron chi connectivity index (χ3n) is 6.32. The molecule has 1 aliphatic rings. The van der Waals surface area contributed by atoms with Gasteiger partial charge in [-0.15, -0.1) is 0 Å². The van der Waals surface area contributed by atoms with E-state index in [0.717, 1.165) is 6.42 Å². The summed E-state index contributed by atoms with van der Waals surface area (Å²) in [5.74, 6) is -6.30. The Balaban J connectivity index is 3.07. The minimum atomic E-state index is -1.60. The van der Waals surface area contributed by atoms with E-state index in [1.54, 1.807) is 20.8 Å². The lowest BCUT2D eigenvalue weighted by atomic mass is 9.97. The van der Waals surface area contributed by atoms with E-state index in [4.69, 9.17) is 5.11 Å². The van der Waals surface area contributed by atoms with Crippen molar-refractivity contribution in [1.29, 1.82) is 0 Å². The number of carboxylic acid groups (broad SMARTS) is 2. The van der Waals surface area contributed by atoms with Crippen LogP contribution < -0.4 is 26.6 Å². The number of aliphatic hydroxyl groups excluding tert-OH is 1. The Morgan fingerprint density at radius 1 is 0.868 bits per heavy atom. The molecule has 0 aliphatic carbocycles. The Labute approximate surface area is 221 Å². The highest BCUT2D eigenvalue weighted by atomic mass is 16.4. The van der Waals surface area contributed by atoms with E-state index in [1.165, 1.54) is 0 Å². The van der Waals surface area contributed by atoms with Gasteiger partial charge in [-0.25, -0.2) is 4.79 Å². The Morgan fingerprint density at radius 3 is 1.92 bits per heavy atom. The maximum Gasteiger partial charge on any atom is 0.328 e. The average Bonchev–Trinajstić information content (AvgIpc) is 3.38. The number of aliphatic hydroxyl groups is 1. The van der Waals surface area contributed by atoms with Crippen molar-refractivity contribution >= 4 is 35.6 Å². The average molecular weight is 544 g/mol. The Kier molecular flexibility index (Phi) is 13.7. The van der Waals surface area contributed by atoms with E-state index < -0.39 is 72.9 Å². The summed E-state index contributed by atoms with van der Waals surface area (Å²) in [5.41, 5.74) is 0. The van der Waals surface area contributed by atoms with Gasteiger partial charge in [0.05, 0.1) is 19.1 Å². The van der Waals surface area contributed by atoms with Crippen molar-refractivity contribution in [3.63, 3.8) is 0 Å². The van der Waals surface area contributed by atoms with E-state index in [9.17, 15) is 39.0 Å². The van der Waals surface area contributed by atoms with Crippen molar-refractivity contribution in [1.82, 2.24) is 26.6 Å². The molecule has 14 heteroatoms. The predicted molar refractivity (Wildman–Crippen MR) is 135 cm³/mol. The first-order chi connectivity index (χ1) is 17.8. The van der Waals surface area contributed by atoms with Gasteiger partial charge in [0.1, 0.15) is 24.2 Å².